The van der Waals surface area contributed by atoms with Crippen LogP contribution in [0.5, 0.6) is 0 Å². The van der Waals surface area contributed by atoms with Crippen molar-refractivity contribution in [3.63, 3.8) is 0 Å². The molecule has 2 unspecified atom stereocenters. The minimum Gasteiger partial charge on any atom is -0.612 e. The summed E-state index contributed by atoms with van der Waals surface area (Å²) in [5, 5.41) is 0. The van der Waals surface area contributed by atoms with E-state index in [1.165, 1.54) is 11.8 Å². The molecule has 1 saturated heterocycles. The lowest BCUT2D eigenvalue weighted by Gasteiger charge is -1.83. The molecule has 2 aliphatic heterocycles. The molecule has 0 spiro atoms. The quantitative estimate of drug-likeness (QED) is 0.412. The van der Waals surface area contributed by atoms with Gasteiger partial charge in [-0.1, -0.05) is 4.67 Å². The summed E-state index contributed by atoms with van der Waals surface area (Å²) in [6, 6.07) is 0. The van der Waals surface area contributed by atoms with Crippen molar-refractivity contribution in [3.05, 3.63) is 0 Å². The Morgan fingerprint density at radius 3 is 2.86 bits per heavy atom. The van der Waals surface area contributed by atoms with Gasteiger partial charge < -0.3 is 4.89 Å². The molecule has 2 heterocycles. The molecular formula is C4H6NOP. The fourth-order valence-corrected chi connectivity index (χ4v) is 2.39. The van der Waals surface area contributed by atoms with Crippen LogP contribution in [0.2, 0.25) is 0 Å². The van der Waals surface area contributed by atoms with Crippen LogP contribution in [-0.4, -0.2) is 16.6 Å². The predicted molar refractivity (Wildman–Crippen MR) is 27.9 cm³/mol. The highest BCUT2D eigenvalue weighted by Crippen LogP contribution is 2.45. The minimum absolute atomic E-state index is 0.908. The van der Waals surface area contributed by atoms with Gasteiger partial charge >= 0.3 is 0 Å². The average molecular weight is 115 g/mol. The highest BCUT2D eigenvalue weighted by Gasteiger charge is 2.45. The normalized spacial score (nSPS) is 41.6. The Bertz CT molecular complexity index is 143. The van der Waals surface area contributed by atoms with Crippen LogP contribution in [0.25, 0.3) is 0 Å². The lowest BCUT2D eigenvalue weighted by molar-refractivity contribution is -0.155. The Kier molecular flexibility index (Phi) is 0.620. The third-order valence-electron chi connectivity index (χ3n) is 1.47. The van der Waals surface area contributed by atoms with Crippen LogP contribution in [0.3, 0.4) is 0 Å². The zero-order valence-electron chi connectivity index (χ0n) is 3.92. The molecule has 0 radical (unpaired) electrons. The summed E-state index contributed by atoms with van der Waals surface area (Å²) in [7, 11) is -0.908. The van der Waals surface area contributed by atoms with Crippen molar-refractivity contribution in [1.29, 1.82) is 0 Å². The standard InChI is InChI=1S/C4H6NOP/c6-7-4-2-1-3-5(4)7/h1-3H2. The van der Waals surface area contributed by atoms with Gasteiger partial charge in [0.25, 0.3) is 0 Å². The molecule has 0 aromatic heterocycles. The Labute approximate surface area is 43.3 Å². The van der Waals surface area contributed by atoms with Crippen LogP contribution in [0.15, 0.2) is 0 Å². The molecule has 0 aromatic carbocycles. The van der Waals surface area contributed by atoms with Crippen LogP contribution < -0.4 is 4.89 Å². The molecule has 3 heteroatoms. The third-order valence-corrected chi connectivity index (χ3v) is 3.07. The molecule has 0 N–H and O–H groups in total. The fourth-order valence-electron chi connectivity index (χ4n) is 1.02. The third kappa shape index (κ3) is 0.394. The van der Waals surface area contributed by atoms with E-state index >= 15 is 0 Å². The van der Waals surface area contributed by atoms with E-state index in [0.29, 0.717) is 0 Å². The van der Waals surface area contributed by atoms with Gasteiger partial charge in [0, 0.05) is 13.0 Å². The molecule has 0 aromatic rings. The molecule has 0 amide bonds. The molecule has 2 aliphatic rings. The fraction of sp³-hybridized carbons (Fsp3) is 0.750. The van der Waals surface area contributed by atoms with Gasteiger partial charge in [0.2, 0.25) is 5.42 Å². The van der Waals surface area contributed by atoms with E-state index in [-0.39, 0.29) is 0 Å². The second kappa shape index (κ2) is 1.08. The highest BCUT2D eigenvalue weighted by atomic mass is 31.1. The molecule has 7 heavy (non-hydrogen) atoms. The van der Waals surface area contributed by atoms with E-state index in [0.717, 1.165) is 13.0 Å². The van der Waals surface area contributed by atoms with Gasteiger partial charge in [0.15, 0.2) is 7.92 Å². The second-order valence-electron chi connectivity index (χ2n) is 1.92. The van der Waals surface area contributed by atoms with Crippen molar-refractivity contribution in [2.24, 2.45) is 0 Å². The molecule has 2 nitrogen and oxygen atoms in total. The smallest absolute Gasteiger partial charge is 0.221 e. The van der Waals surface area contributed by atoms with Crippen LogP contribution in [0.4, 0.5) is 0 Å². The van der Waals surface area contributed by atoms with Crippen LogP contribution in [-0.2, 0) is 0 Å². The van der Waals surface area contributed by atoms with Crippen LogP contribution in [0, 0.1) is 0 Å². The maximum Gasteiger partial charge on any atom is 0.221 e. The zero-order chi connectivity index (χ0) is 4.85. The van der Waals surface area contributed by atoms with Crippen molar-refractivity contribution < 1.29 is 4.89 Å². The maximum absolute atomic E-state index is 10.5. The average Bonchev–Trinajstić information content (AvgIpc) is 2.26. The first-order valence-corrected chi connectivity index (χ1v) is 3.71. The molecule has 1 fully saturated rings. The molecule has 38 valence electrons. The van der Waals surface area contributed by atoms with Crippen molar-refractivity contribution >= 4 is 13.3 Å². The summed E-state index contributed by atoms with van der Waals surface area (Å²) in [4.78, 5) is 10.5. The van der Waals surface area contributed by atoms with Crippen LogP contribution in [0.1, 0.15) is 12.8 Å². The van der Waals surface area contributed by atoms with Gasteiger partial charge in [-0.3, -0.25) is 0 Å². The number of fused-ring (bicyclic) bond motifs is 1. The molecule has 2 rings (SSSR count). The van der Waals surface area contributed by atoms with Crippen molar-refractivity contribution in [1.82, 2.24) is 4.67 Å². The summed E-state index contributed by atoms with van der Waals surface area (Å²) in [5.41, 5.74) is 1.22. The van der Waals surface area contributed by atoms with Gasteiger partial charge in [-0.05, 0) is 6.42 Å². The topological polar surface area (TPSA) is 26.1 Å². The lowest BCUT2D eigenvalue weighted by Crippen LogP contribution is -1.96. The zero-order valence-corrected chi connectivity index (χ0v) is 4.82. The Morgan fingerprint density at radius 2 is 2.57 bits per heavy atom. The summed E-state index contributed by atoms with van der Waals surface area (Å²) in [6.45, 7) is 1.06. The van der Waals surface area contributed by atoms with E-state index in [1.807, 2.05) is 4.67 Å². The summed E-state index contributed by atoms with van der Waals surface area (Å²) < 4.78 is 2.00. The van der Waals surface area contributed by atoms with E-state index in [9.17, 15) is 4.89 Å². The van der Waals surface area contributed by atoms with E-state index in [1.54, 1.807) is 0 Å². The number of hydrogen-bond donors (Lipinski definition) is 0. The Morgan fingerprint density at radius 1 is 1.71 bits per heavy atom. The molecule has 0 saturated carbocycles. The molecule has 0 aliphatic carbocycles. The first-order chi connectivity index (χ1) is 3.39. The Balaban J connectivity index is 2.23. The number of rotatable bonds is 0. The first kappa shape index (κ1) is 4.02. The van der Waals surface area contributed by atoms with E-state index < -0.39 is 7.92 Å². The largest absolute Gasteiger partial charge is 0.612 e. The summed E-state index contributed by atoms with van der Waals surface area (Å²) in [5.74, 6) is 0. The SMILES string of the molecule is [O-][P+]1=C2CCCN21. The van der Waals surface area contributed by atoms with Crippen molar-refractivity contribution in [2.75, 3.05) is 6.54 Å². The summed E-state index contributed by atoms with van der Waals surface area (Å²) in [6.07, 6.45) is 2.34. The summed E-state index contributed by atoms with van der Waals surface area (Å²) >= 11 is 0. The van der Waals surface area contributed by atoms with Gasteiger partial charge in [-0.15, -0.1) is 0 Å². The van der Waals surface area contributed by atoms with E-state index in [2.05, 4.69) is 0 Å². The second-order valence-corrected chi connectivity index (χ2v) is 3.46. The van der Waals surface area contributed by atoms with Crippen molar-refractivity contribution in [2.45, 2.75) is 12.8 Å². The lowest BCUT2D eigenvalue weighted by atomic mass is 10.4. The molecule has 0 bridgehead atoms. The number of nitrogens with zero attached hydrogens (tertiary/aromatic N) is 1. The van der Waals surface area contributed by atoms with Gasteiger partial charge in [-0.25, -0.2) is 0 Å². The highest BCUT2D eigenvalue weighted by molar-refractivity contribution is 7.59. The number of hydrogen-bond acceptors (Lipinski definition) is 2. The Hall–Kier alpha value is 0.0900. The predicted octanol–water partition coefficient (Wildman–Crippen LogP) is -0.102. The van der Waals surface area contributed by atoms with Gasteiger partial charge in [0.05, 0.1) is 0 Å². The van der Waals surface area contributed by atoms with Gasteiger partial charge in [0.1, 0.15) is 0 Å². The molecule has 2 atom stereocenters. The minimum atomic E-state index is -0.908. The van der Waals surface area contributed by atoms with Gasteiger partial charge in [-0.2, -0.15) is 0 Å². The molecular weight excluding hydrogens is 109 g/mol. The van der Waals surface area contributed by atoms with Crippen molar-refractivity contribution in [3.8, 4) is 0 Å². The van der Waals surface area contributed by atoms with Crippen LogP contribution >= 0.6 is 7.92 Å². The van der Waals surface area contributed by atoms with E-state index in [4.69, 9.17) is 0 Å². The first-order valence-electron chi connectivity index (χ1n) is 2.50. The monoisotopic (exact) mass is 115 g/mol. The maximum atomic E-state index is 10.5.